The minimum atomic E-state index is 0.587. The van der Waals surface area contributed by atoms with Crippen molar-refractivity contribution in [1.82, 2.24) is 0 Å². The van der Waals surface area contributed by atoms with Crippen LogP contribution in [0.2, 0.25) is 5.02 Å². The maximum Gasteiger partial charge on any atom is 0.161 e. The van der Waals surface area contributed by atoms with E-state index >= 15 is 0 Å². The lowest BCUT2D eigenvalue weighted by Crippen LogP contribution is -1.95. The summed E-state index contributed by atoms with van der Waals surface area (Å²) in [5.74, 6) is 2.32. The number of benzene rings is 2. The number of halogens is 1. The van der Waals surface area contributed by atoms with Gasteiger partial charge in [0.2, 0.25) is 0 Å². The highest BCUT2D eigenvalue weighted by Gasteiger charge is 2.09. The molecule has 2 aromatic carbocycles. The normalized spacial score (nSPS) is 10.5. The van der Waals surface area contributed by atoms with Crippen molar-refractivity contribution in [2.75, 3.05) is 20.0 Å². The molecule has 0 saturated heterocycles. The Balaban J connectivity index is 2.17. The van der Waals surface area contributed by atoms with Crippen molar-refractivity contribution in [2.45, 2.75) is 17.6 Å². The quantitative estimate of drug-likeness (QED) is 0.648. The third-order valence-electron chi connectivity index (χ3n) is 3.21. The molecule has 0 heterocycles. The largest absolute Gasteiger partial charge is 0.493 e. The van der Waals surface area contributed by atoms with E-state index in [1.165, 1.54) is 11.1 Å². The number of hydrogen-bond acceptors (Lipinski definition) is 4. The Morgan fingerprint density at radius 1 is 1.10 bits per heavy atom. The molecule has 0 bridgehead atoms. The molecule has 0 amide bonds. The summed E-state index contributed by atoms with van der Waals surface area (Å²) in [6, 6.07) is 9.69. The summed E-state index contributed by atoms with van der Waals surface area (Å²) < 4.78 is 10.6. The van der Waals surface area contributed by atoms with Gasteiger partial charge in [-0.1, -0.05) is 11.6 Å². The summed E-state index contributed by atoms with van der Waals surface area (Å²) in [6.07, 6.45) is 0. The zero-order chi connectivity index (χ0) is 15.4. The minimum Gasteiger partial charge on any atom is -0.493 e. The molecule has 0 fully saturated rings. The van der Waals surface area contributed by atoms with Crippen molar-refractivity contribution in [3.8, 4) is 11.5 Å². The topological polar surface area (TPSA) is 44.5 Å². The van der Waals surface area contributed by atoms with Crippen LogP contribution >= 0.6 is 23.4 Å². The molecule has 0 aromatic heterocycles. The van der Waals surface area contributed by atoms with Crippen molar-refractivity contribution in [3.63, 3.8) is 0 Å². The maximum absolute atomic E-state index is 6.04. The van der Waals surface area contributed by atoms with E-state index in [-0.39, 0.29) is 0 Å². The van der Waals surface area contributed by atoms with E-state index in [1.807, 2.05) is 30.3 Å². The molecule has 0 saturated carbocycles. The summed E-state index contributed by atoms with van der Waals surface area (Å²) in [4.78, 5) is 1.09. The molecule has 2 aromatic rings. The van der Waals surface area contributed by atoms with E-state index < -0.39 is 0 Å². The lowest BCUT2D eigenvalue weighted by atomic mass is 10.1. The summed E-state index contributed by atoms with van der Waals surface area (Å²) >= 11 is 7.75. The fraction of sp³-hybridized carbons (Fsp3) is 0.250. The Bertz CT molecular complexity index is 646. The third kappa shape index (κ3) is 3.77. The fourth-order valence-electron chi connectivity index (χ4n) is 1.94. The zero-order valence-corrected chi connectivity index (χ0v) is 13.8. The first-order valence-corrected chi connectivity index (χ1v) is 7.81. The number of methoxy groups -OCH3 is 2. The van der Waals surface area contributed by atoms with Crippen molar-refractivity contribution < 1.29 is 9.47 Å². The average molecular weight is 324 g/mol. The molecule has 0 aliphatic rings. The molecule has 0 unspecified atom stereocenters. The number of aryl methyl sites for hydroxylation is 1. The van der Waals surface area contributed by atoms with Crippen LogP contribution in [0, 0.1) is 6.92 Å². The molecule has 0 spiro atoms. The van der Waals surface area contributed by atoms with Crippen LogP contribution in [0.5, 0.6) is 11.5 Å². The van der Waals surface area contributed by atoms with Gasteiger partial charge in [0, 0.05) is 10.6 Å². The van der Waals surface area contributed by atoms with Gasteiger partial charge < -0.3 is 15.2 Å². The average Bonchev–Trinajstić information content (AvgIpc) is 2.49. The van der Waals surface area contributed by atoms with Crippen LogP contribution < -0.4 is 15.2 Å². The number of anilines is 1. The van der Waals surface area contributed by atoms with Crippen LogP contribution in [0.4, 0.5) is 5.69 Å². The van der Waals surface area contributed by atoms with Crippen molar-refractivity contribution in [3.05, 3.63) is 46.5 Å². The first-order valence-electron chi connectivity index (χ1n) is 6.44. The van der Waals surface area contributed by atoms with Crippen molar-refractivity contribution >= 4 is 29.1 Å². The minimum absolute atomic E-state index is 0.587. The molecule has 2 N–H and O–H groups in total. The van der Waals surface area contributed by atoms with E-state index in [1.54, 1.807) is 26.0 Å². The first-order chi connectivity index (χ1) is 10.0. The third-order valence-corrected chi connectivity index (χ3v) is 4.58. The summed E-state index contributed by atoms with van der Waals surface area (Å²) in [5.41, 5.74) is 8.69. The highest BCUT2D eigenvalue weighted by molar-refractivity contribution is 7.98. The highest BCUT2D eigenvalue weighted by Crippen LogP contribution is 2.34. The van der Waals surface area contributed by atoms with Crippen LogP contribution in [0.25, 0.3) is 0 Å². The fourth-order valence-corrected chi connectivity index (χ4v) is 3.18. The second kappa shape index (κ2) is 6.96. The van der Waals surface area contributed by atoms with Crippen molar-refractivity contribution in [2.24, 2.45) is 0 Å². The van der Waals surface area contributed by atoms with E-state index in [0.717, 1.165) is 22.1 Å². The number of nitrogen functional groups attached to an aromatic ring is 1. The van der Waals surface area contributed by atoms with Crippen LogP contribution in [0.3, 0.4) is 0 Å². The van der Waals surface area contributed by atoms with Gasteiger partial charge >= 0.3 is 0 Å². The smallest absolute Gasteiger partial charge is 0.161 e. The zero-order valence-electron chi connectivity index (χ0n) is 12.3. The molecular formula is C16H18ClNO2S. The monoisotopic (exact) mass is 323 g/mol. The van der Waals surface area contributed by atoms with E-state index in [4.69, 9.17) is 26.8 Å². The Hall–Kier alpha value is -1.52. The lowest BCUT2D eigenvalue weighted by molar-refractivity contribution is 0.354. The standard InChI is InChI=1S/C16H18ClNO2S/c1-10-6-15(19-2)16(20-3)7-11(10)9-21-12-4-5-14(18)13(17)8-12/h4-8H,9,18H2,1-3H3. The SMILES string of the molecule is COc1cc(C)c(CSc2ccc(N)c(Cl)c2)cc1OC. The van der Waals surface area contributed by atoms with Crippen LogP contribution in [-0.2, 0) is 5.75 Å². The van der Waals surface area contributed by atoms with Gasteiger partial charge in [-0.2, -0.15) is 0 Å². The summed E-state index contributed by atoms with van der Waals surface area (Å²) in [5, 5.41) is 0.587. The number of hydrogen-bond donors (Lipinski definition) is 1. The molecule has 2 rings (SSSR count). The molecule has 21 heavy (non-hydrogen) atoms. The second-order valence-electron chi connectivity index (χ2n) is 4.61. The predicted molar refractivity (Wildman–Crippen MR) is 89.7 cm³/mol. The Labute approximate surface area is 134 Å². The van der Waals surface area contributed by atoms with Crippen LogP contribution in [0.15, 0.2) is 35.2 Å². The molecule has 0 radical (unpaired) electrons. The van der Waals surface area contributed by atoms with E-state index in [2.05, 4.69) is 6.92 Å². The van der Waals surface area contributed by atoms with Crippen LogP contribution in [0.1, 0.15) is 11.1 Å². The van der Waals surface area contributed by atoms with Gasteiger partial charge in [-0.05, 0) is 48.4 Å². The number of rotatable bonds is 5. The second-order valence-corrected chi connectivity index (χ2v) is 6.06. The number of thioether (sulfide) groups is 1. The van der Waals surface area contributed by atoms with Crippen LogP contribution in [-0.4, -0.2) is 14.2 Å². The summed E-state index contributed by atoms with van der Waals surface area (Å²) in [7, 11) is 3.28. The number of nitrogens with two attached hydrogens (primary N) is 1. The van der Waals surface area contributed by atoms with E-state index in [0.29, 0.717) is 10.7 Å². The Kier molecular flexibility index (Phi) is 5.26. The van der Waals surface area contributed by atoms with Gasteiger partial charge in [0.15, 0.2) is 11.5 Å². The molecule has 3 nitrogen and oxygen atoms in total. The van der Waals surface area contributed by atoms with Gasteiger partial charge in [0.05, 0.1) is 24.9 Å². The lowest BCUT2D eigenvalue weighted by Gasteiger charge is -2.12. The maximum atomic E-state index is 6.04. The number of ether oxygens (including phenoxy) is 2. The Morgan fingerprint density at radius 3 is 2.38 bits per heavy atom. The van der Waals surface area contributed by atoms with Gasteiger partial charge in [-0.3, -0.25) is 0 Å². The van der Waals surface area contributed by atoms with Gasteiger partial charge in [0.25, 0.3) is 0 Å². The van der Waals surface area contributed by atoms with Gasteiger partial charge in [-0.15, -0.1) is 11.8 Å². The molecular weight excluding hydrogens is 306 g/mol. The highest BCUT2D eigenvalue weighted by atomic mass is 35.5. The van der Waals surface area contributed by atoms with E-state index in [9.17, 15) is 0 Å². The summed E-state index contributed by atoms with van der Waals surface area (Å²) in [6.45, 7) is 2.06. The molecule has 5 heteroatoms. The van der Waals surface area contributed by atoms with Crippen molar-refractivity contribution in [1.29, 1.82) is 0 Å². The molecule has 112 valence electrons. The predicted octanol–water partition coefficient (Wildman–Crippen LogP) is 4.54. The molecule has 0 aliphatic carbocycles. The molecule has 0 atom stereocenters. The van der Waals surface area contributed by atoms with Gasteiger partial charge in [0.1, 0.15) is 0 Å². The first kappa shape index (κ1) is 15.9. The molecule has 0 aliphatic heterocycles. The van der Waals surface area contributed by atoms with Gasteiger partial charge in [-0.25, -0.2) is 0 Å². The Morgan fingerprint density at radius 2 is 1.76 bits per heavy atom.